The van der Waals surface area contributed by atoms with Crippen molar-refractivity contribution in [3.05, 3.63) is 0 Å². The second-order valence-electron chi connectivity index (χ2n) is 13.2. The smallest absolute Gasteiger partial charge is 0.341 e. The molecule has 5 rings (SSSR count). The third kappa shape index (κ3) is 6.08. The number of piperidine rings is 1. The van der Waals surface area contributed by atoms with Crippen LogP contribution >= 0.6 is 0 Å². The quantitative estimate of drug-likeness (QED) is 0.188. The van der Waals surface area contributed by atoms with Gasteiger partial charge in [-0.3, -0.25) is 4.79 Å². The van der Waals surface area contributed by atoms with Crippen LogP contribution in [-0.4, -0.2) is 89.1 Å². The van der Waals surface area contributed by atoms with Crippen LogP contribution in [0.3, 0.4) is 0 Å². The van der Waals surface area contributed by atoms with Crippen molar-refractivity contribution in [1.82, 2.24) is 5.32 Å². The van der Waals surface area contributed by atoms with Crippen molar-refractivity contribution in [1.29, 1.82) is 0 Å². The Balaban J connectivity index is 1.24. The van der Waals surface area contributed by atoms with Crippen LogP contribution in [-0.2, 0) is 28.5 Å². The van der Waals surface area contributed by atoms with Crippen LogP contribution in [0, 0.1) is 17.8 Å². The molecule has 11 atom stereocenters. The van der Waals surface area contributed by atoms with Gasteiger partial charge in [0.1, 0.15) is 11.9 Å². The Morgan fingerprint density at radius 2 is 1.95 bits per heavy atom. The molecule has 0 spiro atoms. The first-order valence-corrected chi connectivity index (χ1v) is 15.1. The van der Waals surface area contributed by atoms with E-state index in [4.69, 9.17) is 24.7 Å². The number of Topliss-reactive ketones (excluding diaryl/α,β-unsaturated/α-hetero) is 1. The summed E-state index contributed by atoms with van der Waals surface area (Å²) < 4.78 is 24.8. The highest BCUT2D eigenvalue weighted by atomic mass is 16.7. The topological polar surface area (TPSA) is 153 Å². The van der Waals surface area contributed by atoms with E-state index >= 15 is 0 Å². The van der Waals surface area contributed by atoms with Gasteiger partial charge in [-0.05, 0) is 84.6 Å². The number of nitrogens with two attached hydrogens (primary N) is 1. The molecule has 8 unspecified atom stereocenters. The largest absolute Gasteiger partial charge is 0.457 e. The number of nitrogens with one attached hydrogen (secondary N) is 1. The number of esters is 1. The number of hydrogen-bond donors (Lipinski definition) is 4. The van der Waals surface area contributed by atoms with Gasteiger partial charge in [-0.2, -0.15) is 0 Å². The average Bonchev–Trinajstić information content (AvgIpc) is 3.57. The standard InChI is InChI=1S/C29H48N2O8/c1-16-12-19(33)25-21(36-16)15-20-18(26(25)34)14-23(28(2,3)38-20)37-27(35)29(9-4-5-11-32)22(39-29)7-6-17-8-10-31-24(30)13-17/h16-18,20-26,31-32,34H,4-15,30H2,1-3H3/t16?,17?,18?,20?,21?,22-,23-,24?,25?,26?,29+/m1/s1. The third-order valence-electron chi connectivity index (χ3n) is 9.88. The molecule has 0 aromatic heterocycles. The predicted octanol–water partition coefficient (Wildman–Crippen LogP) is 1.57. The number of epoxide rings is 1. The fourth-order valence-electron chi connectivity index (χ4n) is 7.60. The van der Waals surface area contributed by atoms with Gasteiger partial charge < -0.3 is 40.2 Å². The minimum Gasteiger partial charge on any atom is -0.457 e. The maximum absolute atomic E-state index is 13.7. The highest BCUT2D eigenvalue weighted by Crippen LogP contribution is 2.49. The highest BCUT2D eigenvalue weighted by molar-refractivity contribution is 5.84. The summed E-state index contributed by atoms with van der Waals surface area (Å²) >= 11 is 0. The highest BCUT2D eigenvalue weighted by Gasteiger charge is 2.64. The Morgan fingerprint density at radius 3 is 2.69 bits per heavy atom. The van der Waals surface area contributed by atoms with E-state index in [1.54, 1.807) is 0 Å². The van der Waals surface area contributed by atoms with Crippen LogP contribution in [0.5, 0.6) is 0 Å². The zero-order valence-electron chi connectivity index (χ0n) is 23.7. The number of carbonyl (C=O) groups excluding carboxylic acids is 2. The molecule has 0 aromatic rings. The summed E-state index contributed by atoms with van der Waals surface area (Å²) in [6, 6.07) is 0. The monoisotopic (exact) mass is 552 g/mol. The fraction of sp³-hybridized carbons (Fsp3) is 0.931. The summed E-state index contributed by atoms with van der Waals surface area (Å²) in [5, 5.41) is 23.9. The lowest BCUT2D eigenvalue weighted by atomic mass is 9.67. The maximum Gasteiger partial charge on any atom is 0.341 e. The van der Waals surface area contributed by atoms with Crippen molar-refractivity contribution in [2.24, 2.45) is 23.5 Å². The lowest BCUT2D eigenvalue weighted by molar-refractivity contribution is -0.257. The summed E-state index contributed by atoms with van der Waals surface area (Å²) in [7, 11) is 0. The molecule has 4 saturated heterocycles. The molecule has 39 heavy (non-hydrogen) atoms. The number of fused-ring (bicyclic) bond motifs is 2. The molecule has 222 valence electrons. The predicted molar refractivity (Wildman–Crippen MR) is 141 cm³/mol. The van der Waals surface area contributed by atoms with Gasteiger partial charge in [0.2, 0.25) is 0 Å². The fourth-order valence-corrected chi connectivity index (χ4v) is 7.60. The minimum absolute atomic E-state index is 0.0183. The normalized spacial score (nSPS) is 45.2. The van der Waals surface area contributed by atoms with E-state index in [1.807, 2.05) is 20.8 Å². The minimum atomic E-state index is -1.00. The van der Waals surface area contributed by atoms with Crippen molar-refractivity contribution in [2.45, 2.75) is 139 Å². The van der Waals surface area contributed by atoms with Crippen molar-refractivity contribution in [2.75, 3.05) is 13.2 Å². The molecule has 5 fully saturated rings. The Kier molecular flexibility index (Phi) is 8.75. The molecule has 5 N–H and O–H groups in total. The van der Waals surface area contributed by atoms with E-state index in [2.05, 4.69) is 5.32 Å². The van der Waals surface area contributed by atoms with Crippen molar-refractivity contribution in [3.63, 3.8) is 0 Å². The number of ether oxygens (including phenoxy) is 4. The molecular weight excluding hydrogens is 504 g/mol. The molecule has 1 aliphatic carbocycles. The lowest BCUT2D eigenvalue weighted by Crippen LogP contribution is -2.63. The van der Waals surface area contributed by atoms with Crippen LogP contribution in [0.25, 0.3) is 0 Å². The summed E-state index contributed by atoms with van der Waals surface area (Å²) in [5.41, 5.74) is 4.30. The Bertz CT molecular complexity index is 901. The van der Waals surface area contributed by atoms with Crippen LogP contribution in [0.15, 0.2) is 0 Å². The van der Waals surface area contributed by atoms with Crippen LogP contribution < -0.4 is 11.1 Å². The zero-order valence-corrected chi connectivity index (χ0v) is 23.7. The second-order valence-corrected chi connectivity index (χ2v) is 13.2. The molecule has 10 heteroatoms. The summed E-state index contributed by atoms with van der Waals surface area (Å²) in [4.78, 5) is 26.5. The van der Waals surface area contributed by atoms with Gasteiger partial charge in [0, 0.05) is 25.4 Å². The molecule has 0 radical (unpaired) electrons. The van der Waals surface area contributed by atoms with Crippen LogP contribution in [0.2, 0.25) is 0 Å². The van der Waals surface area contributed by atoms with Gasteiger partial charge in [-0.1, -0.05) is 0 Å². The zero-order chi connectivity index (χ0) is 27.9. The van der Waals surface area contributed by atoms with Crippen molar-refractivity contribution >= 4 is 11.8 Å². The molecule has 0 amide bonds. The number of rotatable bonds is 9. The van der Waals surface area contributed by atoms with E-state index in [1.165, 1.54) is 0 Å². The van der Waals surface area contributed by atoms with E-state index in [9.17, 15) is 19.8 Å². The molecule has 4 aliphatic heterocycles. The molecular formula is C29H48N2O8. The summed E-state index contributed by atoms with van der Waals surface area (Å²) in [6.07, 6.45) is 4.26. The van der Waals surface area contributed by atoms with E-state index in [-0.39, 0.29) is 54.9 Å². The first-order chi connectivity index (χ1) is 18.5. The molecule has 0 aromatic carbocycles. The molecule has 10 nitrogen and oxygen atoms in total. The average molecular weight is 553 g/mol. The van der Waals surface area contributed by atoms with E-state index in [0.29, 0.717) is 44.4 Å². The van der Waals surface area contributed by atoms with Gasteiger partial charge in [-0.25, -0.2) is 4.79 Å². The number of ketones is 1. The second kappa shape index (κ2) is 11.6. The van der Waals surface area contributed by atoms with Gasteiger partial charge in [0.05, 0.1) is 48.2 Å². The molecule has 0 bridgehead atoms. The SMILES string of the molecule is CC1CC(=O)C2C(CC3OC(C)(C)[C@H](OC(=O)[C@@]4(CCCCO)O[C@@H]4CCC4CCNC(N)C4)CC3C2O)O1. The van der Waals surface area contributed by atoms with Gasteiger partial charge in [0.25, 0.3) is 0 Å². The van der Waals surface area contributed by atoms with Gasteiger partial charge in [-0.15, -0.1) is 0 Å². The first kappa shape index (κ1) is 29.4. The van der Waals surface area contributed by atoms with Crippen LogP contribution in [0.1, 0.15) is 85.0 Å². The lowest BCUT2D eigenvalue weighted by Gasteiger charge is -2.53. The summed E-state index contributed by atoms with van der Waals surface area (Å²) in [6.45, 7) is 6.69. The number of aliphatic hydroxyl groups is 2. The molecule has 5 aliphatic rings. The van der Waals surface area contributed by atoms with Crippen molar-refractivity contribution in [3.8, 4) is 0 Å². The Hall–Kier alpha value is -1.14. The van der Waals surface area contributed by atoms with Gasteiger partial charge >= 0.3 is 5.97 Å². The van der Waals surface area contributed by atoms with E-state index in [0.717, 1.165) is 32.2 Å². The van der Waals surface area contributed by atoms with Crippen LogP contribution in [0.4, 0.5) is 0 Å². The number of carbonyl (C=O) groups is 2. The Morgan fingerprint density at radius 1 is 1.15 bits per heavy atom. The number of hydrogen-bond acceptors (Lipinski definition) is 10. The maximum atomic E-state index is 13.7. The Labute approximate surface area is 231 Å². The third-order valence-corrected chi connectivity index (χ3v) is 9.88. The van der Waals surface area contributed by atoms with Crippen molar-refractivity contribution < 1.29 is 38.7 Å². The molecule has 4 heterocycles. The molecule has 1 saturated carbocycles. The first-order valence-electron chi connectivity index (χ1n) is 15.1. The van der Waals surface area contributed by atoms with Gasteiger partial charge in [0.15, 0.2) is 5.60 Å². The number of aliphatic hydroxyl groups excluding tert-OH is 2. The number of unbranched alkanes of at least 4 members (excludes halogenated alkanes) is 1. The van der Waals surface area contributed by atoms with E-state index < -0.39 is 29.3 Å². The summed E-state index contributed by atoms with van der Waals surface area (Å²) in [5.74, 6) is -0.724.